The largest absolute Gasteiger partial charge is 0.508 e. The van der Waals surface area contributed by atoms with E-state index in [0.29, 0.717) is 11.7 Å². The second kappa shape index (κ2) is 4.42. The van der Waals surface area contributed by atoms with E-state index >= 15 is 0 Å². The predicted molar refractivity (Wildman–Crippen MR) is 64.5 cm³/mol. The summed E-state index contributed by atoms with van der Waals surface area (Å²) >= 11 is 0. The minimum absolute atomic E-state index is 0. The Morgan fingerprint density at radius 3 is 2.13 bits per heavy atom. The lowest BCUT2D eigenvalue weighted by Crippen LogP contribution is -2.15. The van der Waals surface area contributed by atoms with E-state index < -0.39 is 0 Å². The quantitative estimate of drug-likeness (QED) is 0.816. The fourth-order valence-corrected chi connectivity index (χ4v) is 2.17. The number of halogens is 1. The van der Waals surface area contributed by atoms with E-state index in [1.165, 1.54) is 18.4 Å². The summed E-state index contributed by atoms with van der Waals surface area (Å²) in [4.78, 5) is 0. The van der Waals surface area contributed by atoms with Gasteiger partial charge in [0.2, 0.25) is 0 Å². The summed E-state index contributed by atoms with van der Waals surface area (Å²) in [5, 5.41) is 9.41. The molecule has 15 heavy (non-hydrogen) atoms. The molecule has 1 fully saturated rings. The molecule has 0 aliphatic heterocycles. The summed E-state index contributed by atoms with van der Waals surface area (Å²) in [5.74, 6) is 1.00. The third-order valence-corrected chi connectivity index (χ3v) is 3.04. The van der Waals surface area contributed by atoms with Gasteiger partial charge in [0.25, 0.3) is 0 Å². The summed E-state index contributed by atoms with van der Waals surface area (Å²) in [7, 11) is 0. The highest BCUT2D eigenvalue weighted by atomic mass is 35.5. The van der Waals surface area contributed by atoms with Gasteiger partial charge in [-0.25, -0.2) is 0 Å². The zero-order valence-electron chi connectivity index (χ0n) is 9.16. The van der Waals surface area contributed by atoms with Gasteiger partial charge in [0.1, 0.15) is 5.75 Å². The van der Waals surface area contributed by atoms with Crippen molar-refractivity contribution in [3.63, 3.8) is 0 Å². The highest BCUT2D eigenvalue weighted by Gasteiger charge is 2.31. The van der Waals surface area contributed by atoms with E-state index in [9.17, 15) is 5.11 Å². The van der Waals surface area contributed by atoms with Crippen LogP contribution in [0.3, 0.4) is 0 Å². The third-order valence-electron chi connectivity index (χ3n) is 3.04. The van der Waals surface area contributed by atoms with Crippen LogP contribution in [0.2, 0.25) is 0 Å². The molecule has 84 valence electrons. The highest BCUT2D eigenvalue weighted by molar-refractivity contribution is 5.85. The lowest BCUT2D eigenvalue weighted by Gasteiger charge is -2.17. The number of aryl methyl sites for hydroxylation is 2. The number of nitrogens with two attached hydrogens (primary N) is 1. The van der Waals surface area contributed by atoms with Crippen molar-refractivity contribution in [3.8, 4) is 5.75 Å². The lowest BCUT2D eigenvalue weighted by atomic mass is 9.93. The summed E-state index contributed by atoms with van der Waals surface area (Å²) in [6.45, 7) is 4.04. The Balaban J connectivity index is 0.00000112. The Hall–Kier alpha value is -0.730. The van der Waals surface area contributed by atoms with Gasteiger partial charge in [-0.1, -0.05) is 0 Å². The summed E-state index contributed by atoms with van der Waals surface area (Å²) in [5.41, 5.74) is 9.62. The molecule has 3 N–H and O–H groups in total. The molecule has 0 bridgehead atoms. The molecule has 0 aromatic heterocycles. The number of phenolic OH excluding ortho intramolecular Hbond substituents is 1. The van der Waals surface area contributed by atoms with Crippen molar-refractivity contribution in [1.29, 1.82) is 0 Å². The van der Waals surface area contributed by atoms with Crippen LogP contribution >= 0.6 is 12.4 Å². The number of phenols is 1. The molecule has 0 radical (unpaired) electrons. The normalized spacial score (nSPS) is 17.0. The van der Waals surface area contributed by atoms with Crippen molar-refractivity contribution in [2.75, 3.05) is 0 Å². The van der Waals surface area contributed by atoms with Crippen LogP contribution in [0.15, 0.2) is 12.1 Å². The number of hydrogen-bond donors (Lipinski definition) is 2. The van der Waals surface area contributed by atoms with Crippen molar-refractivity contribution in [2.24, 2.45) is 11.7 Å². The van der Waals surface area contributed by atoms with Gasteiger partial charge in [0, 0.05) is 6.04 Å². The van der Waals surface area contributed by atoms with E-state index in [-0.39, 0.29) is 18.4 Å². The fourth-order valence-electron chi connectivity index (χ4n) is 2.17. The van der Waals surface area contributed by atoms with Crippen LogP contribution in [0.4, 0.5) is 0 Å². The SMILES string of the molecule is Cc1cc(O)cc(C)c1[C@@H](N)C1CC1.Cl. The van der Waals surface area contributed by atoms with Crippen LogP contribution in [-0.4, -0.2) is 5.11 Å². The molecular formula is C12H18ClNO. The fraction of sp³-hybridized carbons (Fsp3) is 0.500. The van der Waals surface area contributed by atoms with E-state index in [0.717, 1.165) is 11.1 Å². The van der Waals surface area contributed by atoms with Crippen molar-refractivity contribution in [1.82, 2.24) is 0 Å². The van der Waals surface area contributed by atoms with E-state index in [4.69, 9.17) is 5.73 Å². The lowest BCUT2D eigenvalue weighted by molar-refractivity contribution is 0.473. The molecule has 1 aliphatic carbocycles. The van der Waals surface area contributed by atoms with Crippen LogP contribution < -0.4 is 5.73 Å². The predicted octanol–water partition coefficient (Wildman–Crippen LogP) is 2.84. The van der Waals surface area contributed by atoms with Gasteiger partial charge < -0.3 is 10.8 Å². The Bertz CT molecular complexity index is 338. The smallest absolute Gasteiger partial charge is 0.116 e. The molecule has 1 aromatic carbocycles. The van der Waals surface area contributed by atoms with E-state index in [1.807, 2.05) is 13.8 Å². The molecule has 1 aromatic rings. The van der Waals surface area contributed by atoms with Crippen LogP contribution in [-0.2, 0) is 0 Å². The standard InChI is InChI=1S/C12H17NO.ClH/c1-7-5-10(14)6-8(2)11(7)12(13)9-3-4-9;/h5-6,9,12,14H,3-4,13H2,1-2H3;1H/t12-;/m0./s1. The molecule has 0 spiro atoms. The van der Waals surface area contributed by atoms with E-state index in [2.05, 4.69) is 0 Å². The molecular weight excluding hydrogens is 210 g/mol. The summed E-state index contributed by atoms with van der Waals surface area (Å²) in [6.07, 6.45) is 2.50. The van der Waals surface area contributed by atoms with Crippen molar-refractivity contribution < 1.29 is 5.11 Å². The Kier molecular flexibility index (Phi) is 3.63. The molecule has 1 saturated carbocycles. The Labute approximate surface area is 96.9 Å². The molecule has 2 rings (SSSR count). The van der Waals surface area contributed by atoms with Crippen LogP contribution in [0.5, 0.6) is 5.75 Å². The second-order valence-electron chi connectivity index (χ2n) is 4.36. The molecule has 3 heteroatoms. The first-order valence-electron chi connectivity index (χ1n) is 5.15. The van der Waals surface area contributed by atoms with E-state index in [1.54, 1.807) is 12.1 Å². The van der Waals surface area contributed by atoms with Gasteiger partial charge in [-0.05, 0) is 61.4 Å². The Morgan fingerprint density at radius 2 is 1.73 bits per heavy atom. The van der Waals surface area contributed by atoms with Crippen LogP contribution in [0.1, 0.15) is 35.6 Å². The molecule has 0 unspecified atom stereocenters. The molecule has 0 saturated heterocycles. The second-order valence-corrected chi connectivity index (χ2v) is 4.36. The average molecular weight is 228 g/mol. The highest BCUT2D eigenvalue weighted by Crippen LogP contribution is 2.41. The molecule has 1 aliphatic rings. The minimum atomic E-state index is 0. The number of hydrogen-bond acceptors (Lipinski definition) is 2. The van der Waals surface area contributed by atoms with Gasteiger partial charge in [0.15, 0.2) is 0 Å². The van der Waals surface area contributed by atoms with Crippen LogP contribution in [0, 0.1) is 19.8 Å². The molecule has 0 amide bonds. The van der Waals surface area contributed by atoms with Crippen molar-refractivity contribution in [2.45, 2.75) is 32.7 Å². The van der Waals surface area contributed by atoms with Gasteiger partial charge in [-0.3, -0.25) is 0 Å². The maximum Gasteiger partial charge on any atom is 0.116 e. The number of benzene rings is 1. The van der Waals surface area contributed by atoms with Crippen molar-refractivity contribution >= 4 is 12.4 Å². The maximum absolute atomic E-state index is 9.41. The first-order valence-corrected chi connectivity index (χ1v) is 5.15. The van der Waals surface area contributed by atoms with Crippen molar-refractivity contribution in [3.05, 3.63) is 28.8 Å². The maximum atomic E-state index is 9.41. The Morgan fingerprint density at radius 1 is 1.27 bits per heavy atom. The molecule has 2 nitrogen and oxygen atoms in total. The third kappa shape index (κ3) is 2.44. The van der Waals surface area contributed by atoms with Gasteiger partial charge in [-0.15, -0.1) is 12.4 Å². The molecule has 1 atom stereocenters. The monoisotopic (exact) mass is 227 g/mol. The average Bonchev–Trinajstić information content (AvgIpc) is 2.83. The summed E-state index contributed by atoms with van der Waals surface area (Å²) in [6, 6.07) is 3.76. The first-order chi connectivity index (χ1) is 6.59. The number of aromatic hydroxyl groups is 1. The van der Waals surface area contributed by atoms with Gasteiger partial charge >= 0.3 is 0 Å². The molecule has 0 heterocycles. The van der Waals surface area contributed by atoms with Gasteiger partial charge in [0.05, 0.1) is 0 Å². The minimum Gasteiger partial charge on any atom is -0.508 e. The zero-order valence-corrected chi connectivity index (χ0v) is 9.97. The topological polar surface area (TPSA) is 46.2 Å². The first kappa shape index (κ1) is 12.3. The van der Waals surface area contributed by atoms with Crippen LogP contribution in [0.25, 0.3) is 0 Å². The summed E-state index contributed by atoms with van der Waals surface area (Å²) < 4.78 is 0. The van der Waals surface area contributed by atoms with Gasteiger partial charge in [-0.2, -0.15) is 0 Å². The number of rotatable bonds is 2. The zero-order chi connectivity index (χ0) is 10.3.